The third kappa shape index (κ3) is 4.79. The summed E-state index contributed by atoms with van der Waals surface area (Å²) in [6.45, 7) is 3.07. The van der Waals surface area contributed by atoms with Gasteiger partial charge in [-0.3, -0.25) is 4.79 Å². The fourth-order valence-electron chi connectivity index (χ4n) is 3.07. The lowest BCUT2D eigenvalue weighted by Gasteiger charge is -2.34. The maximum Gasteiger partial charge on any atom is 0.406 e. The van der Waals surface area contributed by atoms with Crippen molar-refractivity contribution in [1.29, 1.82) is 0 Å². The van der Waals surface area contributed by atoms with Gasteiger partial charge in [0.25, 0.3) is 0 Å². The average Bonchev–Trinajstić information content (AvgIpc) is 2.45. The zero-order chi connectivity index (χ0) is 17.9. The SMILES string of the molecule is CC(C)CN(CC(F)(F)F)C(=O)CN1CCCc2c(N)cccc21. The second-order valence-electron chi connectivity index (χ2n) is 6.65. The molecule has 134 valence electrons. The Morgan fingerprint density at radius 3 is 2.71 bits per heavy atom. The van der Waals surface area contributed by atoms with Gasteiger partial charge in [0, 0.05) is 24.5 Å². The summed E-state index contributed by atoms with van der Waals surface area (Å²) in [5.41, 5.74) is 8.47. The standard InChI is InChI=1S/C17H24F3N3O/c1-12(2)9-23(11-17(18,19)20)16(24)10-22-8-4-5-13-14(21)6-3-7-15(13)22/h3,6-7,12H,4-5,8-11,21H2,1-2H3. The lowest BCUT2D eigenvalue weighted by Crippen LogP contribution is -2.47. The number of halogens is 3. The van der Waals surface area contributed by atoms with Crippen molar-refractivity contribution >= 4 is 17.3 Å². The molecule has 24 heavy (non-hydrogen) atoms. The van der Waals surface area contributed by atoms with E-state index in [2.05, 4.69) is 0 Å². The molecule has 2 rings (SSSR count). The highest BCUT2D eigenvalue weighted by Gasteiger charge is 2.34. The van der Waals surface area contributed by atoms with E-state index >= 15 is 0 Å². The minimum absolute atomic E-state index is 0.0272. The summed E-state index contributed by atoms with van der Waals surface area (Å²) in [7, 11) is 0. The number of benzene rings is 1. The lowest BCUT2D eigenvalue weighted by atomic mass is 10.00. The van der Waals surface area contributed by atoms with E-state index in [9.17, 15) is 18.0 Å². The molecule has 7 heteroatoms. The zero-order valence-electron chi connectivity index (χ0n) is 14.1. The molecule has 0 saturated carbocycles. The van der Waals surface area contributed by atoms with Crippen LogP contribution >= 0.6 is 0 Å². The molecule has 0 fully saturated rings. The van der Waals surface area contributed by atoms with E-state index in [1.807, 2.05) is 11.0 Å². The number of hydrogen-bond acceptors (Lipinski definition) is 3. The Morgan fingerprint density at radius 1 is 1.38 bits per heavy atom. The Kier molecular flexibility index (Phi) is 5.62. The minimum atomic E-state index is -4.39. The van der Waals surface area contributed by atoms with Gasteiger partial charge < -0.3 is 15.5 Å². The van der Waals surface area contributed by atoms with E-state index in [1.165, 1.54) is 0 Å². The molecule has 1 aliphatic rings. The van der Waals surface area contributed by atoms with E-state index < -0.39 is 18.6 Å². The molecule has 0 radical (unpaired) electrons. The number of nitrogen functional groups attached to an aromatic ring is 1. The number of nitrogens with two attached hydrogens (primary N) is 1. The van der Waals surface area contributed by atoms with Gasteiger partial charge in [0.05, 0.1) is 6.54 Å². The van der Waals surface area contributed by atoms with Crippen molar-refractivity contribution in [3.8, 4) is 0 Å². The number of carbonyl (C=O) groups is 1. The van der Waals surface area contributed by atoms with E-state index in [0.717, 1.165) is 29.0 Å². The molecule has 4 nitrogen and oxygen atoms in total. The molecule has 1 aromatic carbocycles. The Bertz CT molecular complexity index is 587. The molecule has 0 saturated heterocycles. The highest BCUT2D eigenvalue weighted by Crippen LogP contribution is 2.31. The molecule has 0 spiro atoms. The number of hydrogen-bond donors (Lipinski definition) is 1. The van der Waals surface area contributed by atoms with E-state index in [4.69, 9.17) is 5.73 Å². The van der Waals surface area contributed by atoms with Crippen molar-refractivity contribution in [3.05, 3.63) is 23.8 Å². The third-order valence-corrected chi connectivity index (χ3v) is 4.02. The topological polar surface area (TPSA) is 49.6 Å². The monoisotopic (exact) mass is 343 g/mol. The minimum Gasteiger partial charge on any atom is -0.398 e. The van der Waals surface area contributed by atoms with Gasteiger partial charge in [-0.05, 0) is 36.5 Å². The van der Waals surface area contributed by atoms with Crippen LogP contribution in [-0.4, -0.2) is 43.2 Å². The van der Waals surface area contributed by atoms with Gasteiger partial charge in [0.2, 0.25) is 5.91 Å². The number of fused-ring (bicyclic) bond motifs is 1. The van der Waals surface area contributed by atoms with Crippen LogP contribution in [0.15, 0.2) is 18.2 Å². The van der Waals surface area contributed by atoms with E-state index in [0.29, 0.717) is 12.2 Å². The summed E-state index contributed by atoms with van der Waals surface area (Å²) in [5.74, 6) is -0.531. The Labute approximate surface area is 140 Å². The van der Waals surface area contributed by atoms with Gasteiger partial charge in [0.15, 0.2) is 0 Å². The van der Waals surface area contributed by atoms with Gasteiger partial charge in [0.1, 0.15) is 6.54 Å². The van der Waals surface area contributed by atoms with Crippen molar-refractivity contribution < 1.29 is 18.0 Å². The summed E-state index contributed by atoms with van der Waals surface area (Å²) < 4.78 is 38.3. The molecule has 0 aliphatic carbocycles. The van der Waals surface area contributed by atoms with Crippen LogP contribution in [0, 0.1) is 5.92 Å². The number of carbonyl (C=O) groups excluding carboxylic acids is 1. The largest absolute Gasteiger partial charge is 0.406 e. The normalized spacial score (nSPS) is 14.7. The first kappa shape index (κ1) is 18.4. The second-order valence-corrected chi connectivity index (χ2v) is 6.65. The number of rotatable bonds is 5. The smallest absolute Gasteiger partial charge is 0.398 e. The van der Waals surface area contributed by atoms with Gasteiger partial charge in [-0.25, -0.2) is 0 Å². The number of nitrogens with zero attached hydrogens (tertiary/aromatic N) is 2. The molecular formula is C17H24F3N3O. The summed E-state index contributed by atoms with van der Waals surface area (Å²) in [6, 6.07) is 5.48. The quantitative estimate of drug-likeness (QED) is 0.836. The number of alkyl halides is 3. The van der Waals surface area contributed by atoms with E-state index in [1.54, 1.807) is 26.0 Å². The Balaban J connectivity index is 2.14. The van der Waals surface area contributed by atoms with Crippen molar-refractivity contribution in [2.45, 2.75) is 32.9 Å². The van der Waals surface area contributed by atoms with Crippen LogP contribution in [-0.2, 0) is 11.2 Å². The first-order valence-corrected chi connectivity index (χ1v) is 8.14. The third-order valence-electron chi connectivity index (χ3n) is 4.02. The van der Waals surface area contributed by atoms with Crippen LogP contribution in [0.4, 0.5) is 24.5 Å². The first-order valence-electron chi connectivity index (χ1n) is 8.14. The summed E-state index contributed by atoms with van der Waals surface area (Å²) in [4.78, 5) is 15.2. The van der Waals surface area contributed by atoms with Gasteiger partial charge >= 0.3 is 6.18 Å². The van der Waals surface area contributed by atoms with Crippen LogP contribution in [0.5, 0.6) is 0 Å². The molecule has 2 N–H and O–H groups in total. The van der Waals surface area contributed by atoms with Gasteiger partial charge in [-0.15, -0.1) is 0 Å². The fraction of sp³-hybridized carbons (Fsp3) is 0.588. The zero-order valence-corrected chi connectivity index (χ0v) is 14.1. The van der Waals surface area contributed by atoms with Crippen LogP contribution < -0.4 is 10.6 Å². The van der Waals surface area contributed by atoms with E-state index in [-0.39, 0.29) is 19.0 Å². The van der Waals surface area contributed by atoms with Crippen LogP contribution in [0.1, 0.15) is 25.8 Å². The molecule has 1 amide bonds. The first-order chi connectivity index (χ1) is 11.2. The van der Waals surface area contributed by atoms with Crippen molar-refractivity contribution in [2.24, 2.45) is 5.92 Å². The van der Waals surface area contributed by atoms with Crippen LogP contribution in [0.2, 0.25) is 0 Å². The predicted octanol–water partition coefficient (Wildman–Crippen LogP) is 3.07. The van der Waals surface area contributed by atoms with Gasteiger partial charge in [-0.1, -0.05) is 19.9 Å². The molecule has 1 heterocycles. The van der Waals surface area contributed by atoms with Crippen LogP contribution in [0.3, 0.4) is 0 Å². The maximum absolute atomic E-state index is 12.8. The lowest BCUT2D eigenvalue weighted by molar-refractivity contribution is -0.161. The number of anilines is 2. The van der Waals surface area contributed by atoms with Crippen LogP contribution in [0.25, 0.3) is 0 Å². The van der Waals surface area contributed by atoms with Crippen molar-refractivity contribution in [1.82, 2.24) is 4.90 Å². The molecule has 0 unspecified atom stereocenters. The highest BCUT2D eigenvalue weighted by molar-refractivity contribution is 5.82. The summed E-state index contributed by atoms with van der Waals surface area (Å²) in [5, 5.41) is 0. The summed E-state index contributed by atoms with van der Waals surface area (Å²) >= 11 is 0. The second kappa shape index (κ2) is 7.32. The van der Waals surface area contributed by atoms with Crippen molar-refractivity contribution in [2.75, 3.05) is 36.8 Å². The highest BCUT2D eigenvalue weighted by atomic mass is 19.4. The molecule has 1 aliphatic heterocycles. The maximum atomic E-state index is 12.8. The molecule has 0 aromatic heterocycles. The predicted molar refractivity (Wildman–Crippen MR) is 88.9 cm³/mol. The summed E-state index contributed by atoms with van der Waals surface area (Å²) in [6.07, 6.45) is -2.74. The molecular weight excluding hydrogens is 319 g/mol. The Hall–Kier alpha value is -1.92. The number of amides is 1. The molecule has 0 atom stereocenters. The van der Waals surface area contributed by atoms with Crippen molar-refractivity contribution in [3.63, 3.8) is 0 Å². The molecule has 1 aromatic rings. The average molecular weight is 343 g/mol. The van der Waals surface area contributed by atoms with Gasteiger partial charge in [-0.2, -0.15) is 13.2 Å². The Morgan fingerprint density at radius 2 is 2.08 bits per heavy atom. The fourth-order valence-corrected chi connectivity index (χ4v) is 3.07. The molecule has 0 bridgehead atoms.